The number of carbonyl (C=O) groups excluding carboxylic acids is 1. The lowest BCUT2D eigenvalue weighted by Crippen LogP contribution is -2.08. The number of thiol groups is 1. The second kappa shape index (κ2) is 9.26. The molecule has 0 aliphatic rings. The lowest BCUT2D eigenvalue weighted by molar-refractivity contribution is 0.0734. The van der Waals surface area contributed by atoms with Crippen LogP contribution >= 0.6 is 12.6 Å². The third-order valence-electron chi connectivity index (χ3n) is 3.40. The van der Waals surface area contributed by atoms with Crippen molar-refractivity contribution in [3.8, 4) is 11.5 Å². The van der Waals surface area contributed by atoms with Gasteiger partial charge in [-0.05, 0) is 55.0 Å². The van der Waals surface area contributed by atoms with Gasteiger partial charge in [0.2, 0.25) is 0 Å². The Labute approximate surface area is 143 Å². The van der Waals surface area contributed by atoms with Crippen LogP contribution < -0.4 is 9.47 Å². The van der Waals surface area contributed by atoms with Crippen LogP contribution in [0.1, 0.15) is 43.0 Å². The largest absolute Gasteiger partial charge is 0.494 e. The van der Waals surface area contributed by atoms with Crippen LogP contribution in [0, 0.1) is 0 Å². The summed E-state index contributed by atoms with van der Waals surface area (Å²) in [5.74, 6) is 0.896. The maximum absolute atomic E-state index is 12.1. The highest BCUT2D eigenvalue weighted by Crippen LogP contribution is 2.18. The molecule has 0 amide bonds. The van der Waals surface area contributed by atoms with Gasteiger partial charge in [0.05, 0.1) is 12.2 Å². The quantitative estimate of drug-likeness (QED) is 0.314. The minimum atomic E-state index is -0.383. The van der Waals surface area contributed by atoms with Gasteiger partial charge in [-0.2, -0.15) is 0 Å². The summed E-state index contributed by atoms with van der Waals surface area (Å²) in [5, 5.41) is 0. The van der Waals surface area contributed by atoms with Crippen molar-refractivity contribution in [1.82, 2.24) is 0 Å². The number of ether oxygens (including phenoxy) is 2. The molecule has 2 rings (SSSR count). The molecule has 0 spiro atoms. The molecule has 0 radical (unpaired) electrons. The van der Waals surface area contributed by atoms with Gasteiger partial charge in [-0.1, -0.05) is 26.2 Å². The Morgan fingerprint density at radius 1 is 0.913 bits per heavy atom. The highest BCUT2D eigenvalue weighted by molar-refractivity contribution is 7.80. The summed E-state index contributed by atoms with van der Waals surface area (Å²) in [5.41, 5.74) is 0.498. The minimum absolute atomic E-state index is 0.383. The molecule has 0 N–H and O–H groups in total. The SMILES string of the molecule is CCCCCCOc1ccc(C(=O)Oc2ccc(S)cc2)cc1. The van der Waals surface area contributed by atoms with Gasteiger partial charge >= 0.3 is 5.97 Å². The Balaban J connectivity index is 1.83. The first kappa shape index (κ1) is 17.4. The Hall–Kier alpha value is -1.94. The molecule has 0 atom stereocenters. The highest BCUT2D eigenvalue weighted by Gasteiger charge is 2.08. The zero-order valence-corrected chi connectivity index (χ0v) is 14.2. The van der Waals surface area contributed by atoms with Gasteiger partial charge in [-0.25, -0.2) is 4.79 Å². The fraction of sp³-hybridized carbons (Fsp3) is 0.316. The fourth-order valence-corrected chi connectivity index (χ4v) is 2.24. The summed E-state index contributed by atoms with van der Waals surface area (Å²) >= 11 is 4.20. The molecular formula is C19H22O3S. The first-order chi connectivity index (χ1) is 11.2. The van der Waals surface area contributed by atoms with Crippen molar-refractivity contribution in [3.05, 3.63) is 54.1 Å². The van der Waals surface area contributed by atoms with E-state index >= 15 is 0 Å². The number of rotatable bonds is 8. The second-order valence-corrected chi connectivity index (χ2v) is 5.83. The molecule has 23 heavy (non-hydrogen) atoms. The summed E-state index contributed by atoms with van der Waals surface area (Å²) in [6.45, 7) is 2.89. The van der Waals surface area contributed by atoms with E-state index in [1.54, 1.807) is 48.5 Å². The van der Waals surface area contributed by atoms with Crippen molar-refractivity contribution >= 4 is 18.6 Å². The van der Waals surface area contributed by atoms with Crippen LogP contribution in [-0.2, 0) is 0 Å². The molecule has 0 aliphatic carbocycles. The first-order valence-electron chi connectivity index (χ1n) is 7.93. The van der Waals surface area contributed by atoms with E-state index in [9.17, 15) is 4.79 Å². The van der Waals surface area contributed by atoms with Crippen molar-refractivity contribution in [3.63, 3.8) is 0 Å². The van der Waals surface area contributed by atoms with Gasteiger partial charge in [0.15, 0.2) is 0 Å². The zero-order chi connectivity index (χ0) is 16.5. The summed E-state index contributed by atoms with van der Waals surface area (Å²) in [6, 6.07) is 14.0. The molecule has 0 saturated heterocycles. The predicted octanol–water partition coefficient (Wildman–Crippen LogP) is 5.15. The van der Waals surface area contributed by atoms with Crippen LogP contribution in [0.15, 0.2) is 53.4 Å². The van der Waals surface area contributed by atoms with Gasteiger partial charge in [-0.15, -0.1) is 12.6 Å². The van der Waals surface area contributed by atoms with E-state index < -0.39 is 0 Å². The molecule has 0 fully saturated rings. The third-order valence-corrected chi connectivity index (χ3v) is 3.70. The predicted molar refractivity (Wildman–Crippen MR) is 94.7 cm³/mol. The molecule has 3 nitrogen and oxygen atoms in total. The molecule has 2 aromatic rings. The number of carbonyl (C=O) groups is 1. The molecule has 2 aromatic carbocycles. The van der Waals surface area contributed by atoms with Crippen molar-refractivity contribution in [2.75, 3.05) is 6.61 Å². The number of hydrogen-bond acceptors (Lipinski definition) is 4. The molecule has 0 unspecified atom stereocenters. The van der Waals surface area contributed by atoms with E-state index in [4.69, 9.17) is 9.47 Å². The minimum Gasteiger partial charge on any atom is -0.494 e. The van der Waals surface area contributed by atoms with E-state index in [0.29, 0.717) is 17.9 Å². The van der Waals surface area contributed by atoms with Crippen molar-refractivity contribution < 1.29 is 14.3 Å². The molecule has 4 heteroatoms. The molecular weight excluding hydrogens is 308 g/mol. The van der Waals surface area contributed by atoms with E-state index in [2.05, 4.69) is 19.6 Å². The zero-order valence-electron chi connectivity index (χ0n) is 13.3. The number of hydrogen-bond donors (Lipinski definition) is 1. The standard InChI is InChI=1S/C19H22O3S/c1-2-3-4-5-14-21-16-8-6-15(7-9-16)19(20)22-17-10-12-18(23)13-11-17/h6-13,23H,2-5,14H2,1H3. The van der Waals surface area contributed by atoms with Crippen molar-refractivity contribution in [2.45, 2.75) is 37.5 Å². The molecule has 0 heterocycles. The van der Waals surface area contributed by atoms with Gasteiger partial charge in [0.25, 0.3) is 0 Å². The normalized spacial score (nSPS) is 10.3. The maximum Gasteiger partial charge on any atom is 0.343 e. The summed E-state index contributed by atoms with van der Waals surface area (Å²) in [4.78, 5) is 12.9. The third kappa shape index (κ3) is 5.99. The lowest BCUT2D eigenvalue weighted by atomic mass is 10.2. The van der Waals surface area contributed by atoms with Gasteiger partial charge in [0, 0.05) is 4.90 Å². The molecule has 0 aliphatic heterocycles. The van der Waals surface area contributed by atoms with Crippen molar-refractivity contribution in [1.29, 1.82) is 0 Å². The highest BCUT2D eigenvalue weighted by atomic mass is 32.1. The summed E-state index contributed by atoms with van der Waals surface area (Å²) in [7, 11) is 0. The Morgan fingerprint density at radius 2 is 1.57 bits per heavy atom. The Morgan fingerprint density at radius 3 is 2.22 bits per heavy atom. The van der Waals surface area contributed by atoms with E-state index in [1.165, 1.54) is 19.3 Å². The first-order valence-corrected chi connectivity index (χ1v) is 8.38. The van der Waals surface area contributed by atoms with Crippen LogP contribution in [0.4, 0.5) is 0 Å². The van der Waals surface area contributed by atoms with E-state index in [0.717, 1.165) is 17.1 Å². The van der Waals surface area contributed by atoms with Crippen LogP contribution in [0.25, 0.3) is 0 Å². The second-order valence-electron chi connectivity index (χ2n) is 5.32. The van der Waals surface area contributed by atoms with Crippen LogP contribution in [0.2, 0.25) is 0 Å². The Kier molecular flexibility index (Phi) is 7.01. The average Bonchev–Trinajstić information content (AvgIpc) is 2.57. The number of esters is 1. The molecule has 0 aromatic heterocycles. The van der Waals surface area contributed by atoms with Gasteiger partial charge in [-0.3, -0.25) is 0 Å². The molecule has 122 valence electrons. The lowest BCUT2D eigenvalue weighted by Gasteiger charge is -2.07. The van der Waals surface area contributed by atoms with Crippen LogP contribution in [0.5, 0.6) is 11.5 Å². The summed E-state index contributed by atoms with van der Waals surface area (Å²) < 4.78 is 11.0. The number of unbranched alkanes of at least 4 members (excludes halogenated alkanes) is 3. The smallest absolute Gasteiger partial charge is 0.343 e. The average molecular weight is 330 g/mol. The maximum atomic E-state index is 12.1. The molecule has 0 saturated carbocycles. The monoisotopic (exact) mass is 330 g/mol. The van der Waals surface area contributed by atoms with Crippen molar-refractivity contribution in [2.24, 2.45) is 0 Å². The van der Waals surface area contributed by atoms with E-state index in [1.807, 2.05) is 0 Å². The number of benzene rings is 2. The van der Waals surface area contributed by atoms with E-state index in [-0.39, 0.29) is 5.97 Å². The molecule has 0 bridgehead atoms. The van der Waals surface area contributed by atoms with Crippen LogP contribution in [0.3, 0.4) is 0 Å². The Bertz CT molecular complexity index is 606. The fourth-order valence-electron chi connectivity index (χ4n) is 2.09. The summed E-state index contributed by atoms with van der Waals surface area (Å²) in [6.07, 6.45) is 4.70. The van der Waals surface area contributed by atoms with Gasteiger partial charge in [0.1, 0.15) is 11.5 Å². The topological polar surface area (TPSA) is 35.5 Å². The van der Waals surface area contributed by atoms with Crippen LogP contribution in [-0.4, -0.2) is 12.6 Å². The van der Waals surface area contributed by atoms with Gasteiger partial charge < -0.3 is 9.47 Å².